The van der Waals surface area contributed by atoms with Crippen molar-refractivity contribution in [3.05, 3.63) is 71.9 Å². The quantitative estimate of drug-likeness (QED) is 0.315. The number of rotatable bonds is 4. The number of alkyl halides is 3. The van der Waals surface area contributed by atoms with Crippen LogP contribution in [-0.2, 0) is 11.9 Å². The molecule has 0 fully saturated rings. The summed E-state index contributed by atoms with van der Waals surface area (Å²) in [5.74, 6) is 0.300. The number of para-hydroxylation sites is 1. The van der Waals surface area contributed by atoms with Gasteiger partial charge in [-0.05, 0) is 25.1 Å². The fourth-order valence-corrected chi connectivity index (χ4v) is 3.71. The van der Waals surface area contributed by atoms with E-state index in [-0.39, 0.29) is 10.5 Å². The third kappa shape index (κ3) is 3.73. The maximum absolute atomic E-state index is 13.2. The van der Waals surface area contributed by atoms with Crippen LogP contribution < -0.4 is 0 Å². The molecule has 2 aromatic carbocycles. The molecule has 0 aliphatic heterocycles. The van der Waals surface area contributed by atoms with E-state index in [0.29, 0.717) is 28.5 Å². The van der Waals surface area contributed by atoms with Crippen LogP contribution in [-0.4, -0.2) is 15.0 Å². The average molecular weight is 401 g/mol. The Balaban J connectivity index is 1.65. The third-order valence-corrected chi connectivity index (χ3v) is 5.08. The van der Waals surface area contributed by atoms with Crippen molar-refractivity contribution in [3.8, 4) is 11.5 Å². The first-order valence-electron chi connectivity index (χ1n) is 8.40. The number of hydrogen-bond donors (Lipinski definition) is 0. The van der Waals surface area contributed by atoms with Gasteiger partial charge in [0.25, 0.3) is 0 Å². The van der Waals surface area contributed by atoms with E-state index in [2.05, 4.69) is 15.0 Å². The molecule has 0 unspecified atom stereocenters. The lowest BCUT2D eigenvalue weighted by Gasteiger charge is -2.09. The van der Waals surface area contributed by atoms with Crippen molar-refractivity contribution in [2.24, 2.45) is 0 Å². The summed E-state index contributed by atoms with van der Waals surface area (Å²) in [6.45, 7) is 1.79. The second kappa shape index (κ2) is 7.27. The summed E-state index contributed by atoms with van der Waals surface area (Å²) in [6, 6.07) is 16.1. The second-order valence-electron chi connectivity index (χ2n) is 6.04. The van der Waals surface area contributed by atoms with Gasteiger partial charge in [-0.1, -0.05) is 48.2 Å². The third-order valence-electron chi connectivity index (χ3n) is 4.08. The van der Waals surface area contributed by atoms with Gasteiger partial charge in [-0.25, -0.2) is 15.0 Å². The SMILES string of the molecule is Cc1oc(-c2ccccc2)nc1CSc1nc(C(F)(F)F)nc2ccccc12. The molecule has 2 heterocycles. The van der Waals surface area contributed by atoms with Gasteiger partial charge in [0.05, 0.1) is 11.2 Å². The predicted octanol–water partition coefficient (Wildman–Crippen LogP) is 5.90. The van der Waals surface area contributed by atoms with Gasteiger partial charge in [0, 0.05) is 16.7 Å². The summed E-state index contributed by atoms with van der Waals surface area (Å²) in [4.78, 5) is 11.9. The number of hydrogen-bond acceptors (Lipinski definition) is 5. The molecule has 0 aliphatic carbocycles. The molecule has 4 aromatic rings. The molecule has 2 aromatic heterocycles. The zero-order chi connectivity index (χ0) is 19.7. The van der Waals surface area contributed by atoms with Crippen LogP contribution >= 0.6 is 11.8 Å². The van der Waals surface area contributed by atoms with Gasteiger partial charge in [-0.2, -0.15) is 13.2 Å². The number of oxazole rings is 1. The number of fused-ring (bicyclic) bond motifs is 1. The predicted molar refractivity (Wildman–Crippen MR) is 101 cm³/mol. The number of aromatic nitrogens is 3. The highest BCUT2D eigenvalue weighted by atomic mass is 32.2. The van der Waals surface area contributed by atoms with Crippen molar-refractivity contribution in [2.75, 3.05) is 0 Å². The summed E-state index contributed by atoms with van der Waals surface area (Å²) in [5.41, 5.74) is 1.77. The van der Waals surface area contributed by atoms with E-state index in [0.717, 1.165) is 5.56 Å². The van der Waals surface area contributed by atoms with E-state index in [1.807, 2.05) is 30.3 Å². The summed E-state index contributed by atoms with van der Waals surface area (Å²) in [6.07, 6.45) is -4.61. The molecular formula is C20H14F3N3OS. The van der Waals surface area contributed by atoms with Crippen LogP contribution in [0.3, 0.4) is 0 Å². The molecule has 0 aliphatic rings. The van der Waals surface area contributed by atoms with Gasteiger partial charge >= 0.3 is 6.18 Å². The topological polar surface area (TPSA) is 51.8 Å². The zero-order valence-corrected chi connectivity index (χ0v) is 15.5. The Morgan fingerprint density at radius 1 is 0.929 bits per heavy atom. The summed E-state index contributed by atoms with van der Waals surface area (Å²) >= 11 is 1.18. The van der Waals surface area contributed by atoms with Gasteiger partial charge in [0.2, 0.25) is 11.7 Å². The standard InChI is InChI=1S/C20H14F3N3OS/c1-12-16(24-17(27-12)13-7-3-2-4-8-13)11-28-18-14-9-5-6-10-15(14)25-19(26-18)20(21,22)23/h2-10H,11H2,1H3. The Kier molecular flexibility index (Phi) is 4.80. The minimum atomic E-state index is -4.61. The van der Waals surface area contributed by atoms with E-state index in [4.69, 9.17) is 4.42 Å². The minimum absolute atomic E-state index is 0.258. The monoisotopic (exact) mass is 401 g/mol. The molecule has 0 saturated carbocycles. The smallest absolute Gasteiger partial charge is 0.441 e. The van der Waals surface area contributed by atoms with E-state index in [9.17, 15) is 13.2 Å². The molecule has 0 bridgehead atoms. The maximum atomic E-state index is 13.2. The molecule has 4 rings (SSSR count). The van der Waals surface area contributed by atoms with Gasteiger partial charge < -0.3 is 4.42 Å². The molecule has 8 heteroatoms. The first-order valence-corrected chi connectivity index (χ1v) is 9.39. The van der Waals surface area contributed by atoms with Crippen molar-refractivity contribution in [1.82, 2.24) is 15.0 Å². The molecular weight excluding hydrogens is 387 g/mol. The van der Waals surface area contributed by atoms with Gasteiger partial charge in [-0.15, -0.1) is 0 Å². The molecule has 28 heavy (non-hydrogen) atoms. The average Bonchev–Trinajstić information content (AvgIpc) is 3.06. The molecule has 0 atom stereocenters. The maximum Gasteiger partial charge on any atom is 0.451 e. The van der Waals surface area contributed by atoms with E-state index < -0.39 is 12.0 Å². The number of thioether (sulfide) groups is 1. The highest BCUT2D eigenvalue weighted by molar-refractivity contribution is 7.98. The van der Waals surface area contributed by atoms with Gasteiger partial charge in [0.15, 0.2) is 0 Å². The number of nitrogens with zero attached hydrogens (tertiary/aromatic N) is 3. The largest absolute Gasteiger partial charge is 0.451 e. The molecule has 4 nitrogen and oxygen atoms in total. The van der Waals surface area contributed by atoms with Crippen molar-refractivity contribution in [3.63, 3.8) is 0 Å². The van der Waals surface area contributed by atoms with Gasteiger partial charge in [-0.3, -0.25) is 0 Å². The van der Waals surface area contributed by atoms with Crippen LogP contribution in [0.25, 0.3) is 22.4 Å². The van der Waals surface area contributed by atoms with Crippen LogP contribution in [0.2, 0.25) is 0 Å². The Morgan fingerprint density at radius 3 is 2.39 bits per heavy atom. The van der Waals surface area contributed by atoms with Crippen molar-refractivity contribution in [2.45, 2.75) is 23.9 Å². The van der Waals surface area contributed by atoms with Gasteiger partial charge in [0.1, 0.15) is 10.8 Å². The Bertz CT molecular complexity index is 1130. The molecule has 0 radical (unpaired) electrons. The number of halogens is 3. The van der Waals surface area contributed by atoms with Crippen LogP contribution in [0.4, 0.5) is 13.2 Å². The molecule has 0 spiro atoms. The highest BCUT2D eigenvalue weighted by Gasteiger charge is 2.35. The highest BCUT2D eigenvalue weighted by Crippen LogP contribution is 2.34. The van der Waals surface area contributed by atoms with E-state index in [1.165, 1.54) is 11.8 Å². The van der Waals surface area contributed by atoms with Crippen molar-refractivity contribution < 1.29 is 17.6 Å². The normalized spacial score (nSPS) is 11.9. The summed E-state index contributed by atoms with van der Waals surface area (Å²) < 4.78 is 45.2. The lowest BCUT2D eigenvalue weighted by Crippen LogP contribution is -2.11. The second-order valence-corrected chi connectivity index (χ2v) is 7.01. The van der Waals surface area contributed by atoms with Crippen LogP contribution in [0.15, 0.2) is 64.0 Å². The molecule has 0 amide bonds. The van der Waals surface area contributed by atoms with Crippen molar-refractivity contribution >= 4 is 22.7 Å². The lowest BCUT2D eigenvalue weighted by molar-refractivity contribution is -0.145. The number of aryl methyl sites for hydroxylation is 1. The molecule has 0 saturated heterocycles. The minimum Gasteiger partial charge on any atom is -0.441 e. The molecule has 142 valence electrons. The Labute approximate surface area is 162 Å². The summed E-state index contributed by atoms with van der Waals surface area (Å²) in [5, 5.41) is 0.839. The Hall–Kier alpha value is -2.87. The van der Waals surface area contributed by atoms with Crippen molar-refractivity contribution in [1.29, 1.82) is 0 Å². The van der Waals surface area contributed by atoms with E-state index in [1.54, 1.807) is 31.2 Å². The Morgan fingerprint density at radius 2 is 1.64 bits per heavy atom. The van der Waals surface area contributed by atoms with E-state index >= 15 is 0 Å². The van der Waals surface area contributed by atoms with Crippen LogP contribution in [0, 0.1) is 6.92 Å². The molecule has 0 N–H and O–H groups in total. The van der Waals surface area contributed by atoms with Crippen LogP contribution in [0.5, 0.6) is 0 Å². The first-order chi connectivity index (χ1) is 13.4. The number of benzene rings is 2. The first kappa shape index (κ1) is 18.5. The van der Waals surface area contributed by atoms with Crippen LogP contribution in [0.1, 0.15) is 17.3 Å². The fraction of sp³-hybridized carbons (Fsp3) is 0.150. The zero-order valence-electron chi connectivity index (χ0n) is 14.7. The summed E-state index contributed by atoms with van der Waals surface area (Å²) in [7, 11) is 0. The lowest BCUT2D eigenvalue weighted by atomic mass is 10.2. The fourth-order valence-electron chi connectivity index (χ4n) is 2.69.